The van der Waals surface area contributed by atoms with Crippen LogP contribution < -0.4 is 9.80 Å². The number of hydrogen-bond acceptors (Lipinski definition) is 6. The van der Waals surface area contributed by atoms with Gasteiger partial charge in [0.15, 0.2) is 0 Å². The summed E-state index contributed by atoms with van der Waals surface area (Å²) in [4.78, 5) is 45.4. The number of aliphatic hydroxyl groups excluding tert-OH is 1. The predicted molar refractivity (Wildman–Crippen MR) is 136 cm³/mol. The first kappa shape index (κ1) is 26.2. The number of carbonyl (C=O) groups excluding carboxylic acids is 2. The van der Waals surface area contributed by atoms with E-state index in [-0.39, 0.29) is 19.1 Å². The van der Waals surface area contributed by atoms with Crippen molar-refractivity contribution in [2.24, 2.45) is 11.8 Å². The van der Waals surface area contributed by atoms with E-state index in [1.165, 1.54) is 4.90 Å². The number of carbonyl (C=O) groups is 3. The van der Waals surface area contributed by atoms with Crippen LogP contribution in [-0.2, 0) is 19.1 Å². The molecule has 0 aromatic heterocycles. The molecule has 3 saturated heterocycles. The molecule has 3 heterocycles. The molecule has 4 rings (SSSR count). The van der Waals surface area contributed by atoms with Crippen molar-refractivity contribution in [3.63, 3.8) is 0 Å². The van der Waals surface area contributed by atoms with E-state index in [9.17, 15) is 24.6 Å². The number of likely N-dealkylation sites (tertiary alicyclic amines) is 1. The maximum atomic E-state index is 14.3. The van der Waals surface area contributed by atoms with Crippen molar-refractivity contribution in [3.05, 3.63) is 36.9 Å². The van der Waals surface area contributed by atoms with E-state index in [1.807, 2.05) is 31.2 Å². The second-order valence-electron chi connectivity index (χ2n) is 9.81. The van der Waals surface area contributed by atoms with Gasteiger partial charge < -0.3 is 29.6 Å². The fraction of sp³-hybridized carbons (Fsp3) is 0.593. The van der Waals surface area contributed by atoms with Gasteiger partial charge in [-0.2, -0.15) is 0 Å². The van der Waals surface area contributed by atoms with Crippen LogP contribution >= 0.6 is 0 Å². The van der Waals surface area contributed by atoms with E-state index in [0.29, 0.717) is 24.9 Å². The van der Waals surface area contributed by atoms with Crippen molar-refractivity contribution in [3.8, 4) is 0 Å². The van der Waals surface area contributed by atoms with Crippen LogP contribution in [0, 0.1) is 11.8 Å². The summed E-state index contributed by atoms with van der Waals surface area (Å²) in [6, 6.07) is 6.04. The minimum Gasteiger partial charge on any atom is -0.481 e. The number of carboxylic acids is 1. The number of benzene rings is 1. The summed E-state index contributed by atoms with van der Waals surface area (Å²) < 4.78 is 6.27. The molecule has 2 amide bonds. The Labute approximate surface area is 212 Å². The molecule has 6 atom stereocenters. The third kappa shape index (κ3) is 3.89. The van der Waals surface area contributed by atoms with Crippen molar-refractivity contribution in [1.82, 2.24) is 4.90 Å². The largest absolute Gasteiger partial charge is 0.481 e. The summed E-state index contributed by atoms with van der Waals surface area (Å²) in [5, 5.41) is 20.0. The number of fused-ring (bicyclic) bond motifs is 1. The van der Waals surface area contributed by atoms with Crippen LogP contribution in [-0.4, -0.2) is 82.9 Å². The molecule has 1 spiro atoms. The number of amides is 2. The molecule has 9 nitrogen and oxygen atoms in total. The van der Waals surface area contributed by atoms with E-state index in [4.69, 9.17) is 4.74 Å². The molecule has 0 radical (unpaired) electrons. The van der Waals surface area contributed by atoms with Crippen molar-refractivity contribution < 1.29 is 29.3 Å². The fourth-order valence-electron chi connectivity index (χ4n) is 6.49. The maximum Gasteiger partial charge on any atom is 0.310 e. The number of nitrogens with zero attached hydrogens (tertiary/aromatic N) is 3. The highest BCUT2D eigenvalue weighted by Crippen LogP contribution is 2.59. The van der Waals surface area contributed by atoms with E-state index in [1.54, 1.807) is 11.0 Å². The second kappa shape index (κ2) is 10.2. The normalized spacial score (nSPS) is 29.2. The second-order valence-corrected chi connectivity index (χ2v) is 9.81. The van der Waals surface area contributed by atoms with Gasteiger partial charge in [0.05, 0.1) is 30.6 Å². The molecule has 1 aromatic rings. The summed E-state index contributed by atoms with van der Waals surface area (Å²) >= 11 is 0. The summed E-state index contributed by atoms with van der Waals surface area (Å²) in [6.07, 6.45) is 2.37. The van der Waals surface area contributed by atoms with E-state index in [0.717, 1.165) is 18.8 Å². The molecule has 2 N–H and O–H groups in total. The van der Waals surface area contributed by atoms with Crippen molar-refractivity contribution >= 4 is 29.2 Å². The average molecular weight is 500 g/mol. The van der Waals surface area contributed by atoms with Crippen LogP contribution in [0.1, 0.15) is 40.0 Å². The highest BCUT2D eigenvalue weighted by molar-refractivity contribution is 6.04. The van der Waals surface area contributed by atoms with Crippen molar-refractivity contribution in [2.75, 3.05) is 36.0 Å². The molecule has 2 unspecified atom stereocenters. The molecule has 3 fully saturated rings. The number of hydrogen-bond donors (Lipinski definition) is 2. The monoisotopic (exact) mass is 499 g/mol. The first-order valence-electron chi connectivity index (χ1n) is 12.9. The van der Waals surface area contributed by atoms with Crippen LogP contribution in [0.2, 0.25) is 0 Å². The SMILES string of the molecule is C=CCN(C(=O)C1N([C@@H](CC)CO)C(=O)[C@@H]2[C@@H](C(=O)O)[C@H]3CCC12O3)c1ccc(N(CC)CC)cc1. The van der Waals surface area contributed by atoms with Crippen LogP contribution in [0.3, 0.4) is 0 Å². The Morgan fingerprint density at radius 1 is 1.22 bits per heavy atom. The van der Waals surface area contributed by atoms with Crippen molar-refractivity contribution in [2.45, 2.75) is 63.8 Å². The van der Waals surface area contributed by atoms with Gasteiger partial charge in [0.2, 0.25) is 5.91 Å². The van der Waals surface area contributed by atoms with Gasteiger partial charge in [-0.05, 0) is 57.4 Å². The third-order valence-corrected chi connectivity index (χ3v) is 8.20. The van der Waals surface area contributed by atoms with Crippen molar-refractivity contribution in [1.29, 1.82) is 0 Å². The molecular formula is C27H37N3O6. The lowest BCUT2D eigenvalue weighted by Gasteiger charge is -2.39. The molecule has 3 aliphatic rings. The lowest BCUT2D eigenvalue weighted by Crippen LogP contribution is -2.59. The number of aliphatic hydroxyl groups is 1. The number of carboxylic acid groups (broad SMARTS) is 1. The quantitative estimate of drug-likeness (QED) is 0.450. The van der Waals surface area contributed by atoms with Gasteiger partial charge in [0.1, 0.15) is 11.6 Å². The summed E-state index contributed by atoms with van der Waals surface area (Å²) in [6.45, 7) is 11.4. The Kier molecular flexibility index (Phi) is 7.43. The summed E-state index contributed by atoms with van der Waals surface area (Å²) in [5.41, 5.74) is 0.479. The highest BCUT2D eigenvalue weighted by atomic mass is 16.5. The van der Waals surface area contributed by atoms with E-state index < -0.39 is 47.5 Å². The number of ether oxygens (including phenoxy) is 1. The summed E-state index contributed by atoms with van der Waals surface area (Å²) in [5.74, 6) is -3.79. The van der Waals surface area contributed by atoms with Gasteiger partial charge in [-0.25, -0.2) is 0 Å². The highest BCUT2D eigenvalue weighted by Gasteiger charge is 2.75. The zero-order chi connectivity index (χ0) is 26.2. The molecule has 0 aliphatic carbocycles. The molecule has 1 aromatic carbocycles. The molecule has 196 valence electrons. The molecule has 9 heteroatoms. The molecule has 36 heavy (non-hydrogen) atoms. The lowest BCUT2D eigenvalue weighted by molar-refractivity contribution is -0.151. The van der Waals surface area contributed by atoms with E-state index >= 15 is 0 Å². The topological polar surface area (TPSA) is 111 Å². The molecule has 2 bridgehead atoms. The van der Waals surface area contributed by atoms with Crippen LogP contribution in [0.25, 0.3) is 0 Å². The van der Waals surface area contributed by atoms with Crippen LogP contribution in [0.5, 0.6) is 0 Å². The zero-order valence-electron chi connectivity index (χ0n) is 21.3. The van der Waals surface area contributed by atoms with Gasteiger partial charge in [-0.1, -0.05) is 13.0 Å². The first-order valence-corrected chi connectivity index (χ1v) is 12.9. The Hall–Kier alpha value is -2.91. The summed E-state index contributed by atoms with van der Waals surface area (Å²) in [7, 11) is 0. The van der Waals surface area contributed by atoms with Gasteiger partial charge >= 0.3 is 5.97 Å². The van der Waals surface area contributed by atoms with Gasteiger partial charge in [0.25, 0.3) is 5.91 Å². The molecule has 3 aliphatic heterocycles. The third-order valence-electron chi connectivity index (χ3n) is 8.20. The average Bonchev–Trinajstić information content (AvgIpc) is 3.52. The van der Waals surface area contributed by atoms with Gasteiger partial charge in [-0.3, -0.25) is 14.4 Å². The Morgan fingerprint density at radius 2 is 1.86 bits per heavy atom. The minimum absolute atomic E-state index is 0.213. The lowest BCUT2D eigenvalue weighted by atomic mass is 9.70. The maximum absolute atomic E-state index is 14.3. The number of aliphatic carboxylic acids is 1. The fourth-order valence-corrected chi connectivity index (χ4v) is 6.49. The minimum atomic E-state index is -1.22. The van der Waals surface area contributed by atoms with Crippen LogP contribution in [0.4, 0.5) is 11.4 Å². The van der Waals surface area contributed by atoms with E-state index in [2.05, 4.69) is 25.3 Å². The molecular weight excluding hydrogens is 462 g/mol. The first-order chi connectivity index (χ1) is 17.3. The molecule has 0 saturated carbocycles. The number of rotatable bonds is 11. The standard InChI is InChI=1S/C27H37N3O6/c1-5-15-29(19-11-9-18(10-12-19)28(7-3)8-4)25(33)23-27-14-13-20(36-27)21(26(34)35)22(27)24(32)30(23)17(6-2)16-31/h5,9-12,17,20-23,31H,1,6-8,13-16H2,2-4H3,(H,34,35)/t17-,20+,21-,22-,23?,27?/m0/s1. The smallest absolute Gasteiger partial charge is 0.310 e. The van der Waals surface area contributed by atoms with Crippen LogP contribution in [0.15, 0.2) is 36.9 Å². The Bertz CT molecular complexity index is 1010. The van der Waals surface area contributed by atoms with Gasteiger partial charge in [-0.15, -0.1) is 6.58 Å². The predicted octanol–water partition coefficient (Wildman–Crippen LogP) is 2.28. The Balaban J connectivity index is 1.76. The van der Waals surface area contributed by atoms with Gasteiger partial charge in [0, 0.05) is 31.0 Å². The number of anilines is 2. The zero-order valence-corrected chi connectivity index (χ0v) is 21.3. The Morgan fingerprint density at radius 3 is 2.39 bits per heavy atom.